The summed E-state index contributed by atoms with van der Waals surface area (Å²) in [4.78, 5) is 14.6. The number of benzene rings is 2. The van der Waals surface area contributed by atoms with Crippen molar-refractivity contribution in [2.75, 3.05) is 0 Å². The first kappa shape index (κ1) is 19.2. The average molecular weight is 407 g/mol. The van der Waals surface area contributed by atoms with Gasteiger partial charge in [0.15, 0.2) is 0 Å². The van der Waals surface area contributed by atoms with Crippen molar-refractivity contribution in [3.63, 3.8) is 0 Å². The predicted octanol–water partition coefficient (Wildman–Crippen LogP) is 4.20. The minimum atomic E-state index is -3.77. The molecule has 0 unspecified atom stereocenters. The molecule has 0 spiro atoms. The second kappa shape index (κ2) is 7.72. The van der Waals surface area contributed by atoms with Crippen LogP contribution in [0.2, 0.25) is 0 Å². The van der Waals surface area contributed by atoms with Gasteiger partial charge in [-0.1, -0.05) is 54.1 Å². The predicted molar refractivity (Wildman–Crippen MR) is 112 cm³/mol. The third-order valence-corrected chi connectivity index (χ3v) is 6.73. The van der Waals surface area contributed by atoms with Gasteiger partial charge in [-0.05, 0) is 43.2 Å². The lowest BCUT2D eigenvalue weighted by Gasteiger charge is -2.29. The van der Waals surface area contributed by atoms with Gasteiger partial charge in [-0.2, -0.15) is 0 Å². The minimum absolute atomic E-state index is 0.00756. The van der Waals surface area contributed by atoms with Gasteiger partial charge in [-0.15, -0.1) is 0 Å². The average Bonchev–Trinajstić information content (AvgIpc) is 3.21. The lowest BCUT2D eigenvalue weighted by molar-refractivity contribution is -0.128. The lowest BCUT2D eigenvalue weighted by Crippen LogP contribution is -2.32. The number of nitrogens with zero attached hydrogens (tertiary/aromatic N) is 2. The van der Waals surface area contributed by atoms with Crippen LogP contribution in [-0.2, 0) is 21.4 Å². The van der Waals surface area contributed by atoms with E-state index in [0.29, 0.717) is 30.8 Å². The van der Waals surface area contributed by atoms with E-state index in [0.717, 1.165) is 11.1 Å². The zero-order valence-electron chi connectivity index (χ0n) is 16.2. The molecule has 3 aromatic rings. The van der Waals surface area contributed by atoms with Gasteiger partial charge in [0.1, 0.15) is 0 Å². The van der Waals surface area contributed by atoms with E-state index < -0.39 is 10.0 Å². The maximum Gasteiger partial charge on any atom is 0.268 e. The molecule has 1 aromatic heterocycles. The van der Waals surface area contributed by atoms with Crippen molar-refractivity contribution in [3.8, 4) is 0 Å². The lowest BCUT2D eigenvalue weighted by atomic mass is 10.1. The molecule has 4 rings (SSSR count). The summed E-state index contributed by atoms with van der Waals surface area (Å²) >= 11 is 0. The molecule has 1 aliphatic rings. The Hall–Kier alpha value is -3.12. The van der Waals surface area contributed by atoms with Crippen molar-refractivity contribution in [2.45, 2.75) is 31.2 Å². The molecule has 1 amide bonds. The zero-order chi connectivity index (χ0) is 20.4. The molecule has 29 heavy (non-hydrogen) atoms. The normalized spacial score (nSPS) is 14.7. The van der Waals surface area contributed by atoms with Gasteiger partial charge in [-0.3, -0.25) is 4.79 Å². The van der Waals surface area contributed by atoms with Crippen LogP contribution in [0, 0.1) is 6.92 Å². The van der Waals surface area contributed by atoms with Gasteiger partial charge in [0.25, 0.3) is 10.0 Å². The van der Waals surface area contributed by atoms with Crippen LogP contribution in [0.25, 0.3) is 5.70 Å². The highest BCUT2D eigenvalue weighted by atomic mass is 32.2. The molecule has 2 aromatic carbocycles. The molecule has 0 saturated heterocycles. The van der Waals surface area contributed by atoms with E-state index in [9.17, 15) is 13.2 Å². The summed E-state index contributed by atoms with van der Waals surface area (Å²) in [7, 11) is -3.77. The van der Waals surface area contributed by atoms with Crippen molar-refractivity contribution >= 4 is 21.6 Å². The fourth-order valence-electron chi connectivity index (χ4n) is 3.49. The molecule has 1 aliphatic heterocycles. The Morgan fingerprint density at radius 2 is 1.66 bits per heavy atom. The Bertz CT molecular complexity index is 1160. The van der Waals surface area contributed by atoms with E-state index in [1.807, 2.05) is 43.3 Å². The highest BCUT2D eigenvalue weighted by Gasteiger charge is 2.28. The first-order chi connectivity index (χ1) is 14.0. The molecule has 0 aliphatic carbocycles. The Morgan fingerprint density at radius 3 is 2.38 bits per heavy atom. The van der Waals surface area contributed by atoms with Crippen molar-refractivity contribution in [3.05, 3.63) is 95.8 Å². The molecular formula is C23H22N2O3S. The number of aryl methyl sites for hydroxylation is 1. The van der Waals surface area contributed by atoms with Gasteiger partial charge in [0.2, 0.25) is 5.91 Å². The quantitative estimate of drug-likeness (QED) is 0.638. The smallest absolute Gasteiger partial charge is 0.268 e. The zero-order valence-corrected chi connectivity index (χ0v) is 17.0. The summed E-state index contributed by atoms with van der Waals surface area (Å²) in [5, 5.41) is 0. The van der Waals surface area contributed by atoms with E-state index in [4.69, 9.17) is 0 Å². The molecule has 148 valence electrons. The van der Waals surface area contributed by atoms with E-state index in [-0.39, 0.29) is 10.8 Å². The highest BCUT2D eigenvalue weighted by Crippen LogP contribution is 2.30. The molecule has 0 N–H and O–H groups in total. The van der Waals surface area contributed by atoms with Gasteiger partial charge in [-0.25, -0.2) is 12.4 Å². The minimum Gasteiger partial charge on any atom is -0.306 e. The Balaban J connectivity index is 1.75. The molecule has 0 atom stereocenters. The van der Waals surface area contributed by atoms with Crippen molar-refractivity contribution in [1.82, 2.24) is 8.87 Å². The van der Waals surface area contributed by atoms with Gasteiger partial charge in [0.05, 0.1) is 22.8 Å². The first-order valence-corrected chi connectivity index (χ1v) is 11.0. The summed E-state index contributed by atoms with van der Waals surface area (Å²) in [5.41, 5.74) is 3.11. The first-order valence-electron chi connectivity index (χ1n) is 9.51. The molecule has 6 heteroatoms. The number of hydrogen-bond acceptors (Lipinski definition) is 3. The number of carbonyl (C=O) groups excluding carboxylic acids is 1. The maximum absolute atomic E-state index is 13.2. The van der Waals surface area contributed by atoms with Crippen LogP contribution >= 0.6 is 0 Å². The Kier molecular flexibility index (Phi) is 5.11. The van der Waals surface area contributed by atoms with E-state index in [1.54, 1.807) is 41.3 Å². The van der Waals surface area contributed by atoms with E-state index >= 15 is 0 Å². The molecule has 2 heterocycles. The standard InChI is InChI=1S/C23H22N2O3S/c1-18-12-14-20(15-13-18)29(27,28)25-16-6-10-22(25)21-9-5-11-23(26)24(21)17-19-7-3-2-4-8-19/h2-4,6-10,12-16H,5,11,17H2,1H3. The largest absolute Gasteiger partial charge is 0.306 e. The number of carbonyl (C=O) groups is 1. The van der Waals surface area contributed by atoms with Crippen LogP contribution in [0.1, 0.15) is 29.7 Å². The van der Waals surface area contributed by atoms with Crippen LogP contribution in [0.15, 0.2) is 83.9 Å². The van der Waals surface area contributed by atoms with Crippen LogP contribution in [0.3, 0.4) is 0 Å². The Labute approximate surface area is 171 Å². The van der Waals surface area contributed by atoms with Crippen LogP contribution in [0.5, 0.6) is 0 Å². The molecule has 0 saturated carbocycles. The monoisotopic (exact) mass is 406 g/mol. The summed E-state index contributed by atoms with van der Waals surface area (Å²) in [6.07, 6.45) is 4.49. The molecule has 0 fully saturated rings. The second-order valence-electron chi connectivity index (χ2n) is 7.10. The molecular weight excluding hydrogens is 384 g/mol. The third kappa shape index (κ3) is 3.76. The van der Waals surface area contributed by atoms with Gasteiger partial charge in [0, 0.05) is 12.6 Å². The second-order valence-corrected chi connectivity index (χ2v) is 8.92. The van der Waals surface area contributed by atoms with Gasteiger partial charge >= 0.3 is 0 Å². The van der Waals surface area contributed by atoms with Crippen molar-refractivity contribution in [1.29, 1.82) is 0 Å². The van der Waals surface area contributed by atoms with E-state index in [2.05, 4.69) is 0 Å². The molecule has 0 radical (unpaired) electrons. The van der Waals surface area contributed by atoms with Crippen LogP contribution < -0.4 is 0 Å². The number of rotatable bonds is 5. The summed E-state index contributed by atoms with van der Waals surface area (Å²) in [5.74, 6) is -0.00756. The Morgan fingerprint density at radius 1 is 0.931 bits per heavy atom. The fraction of sp³-hybridized carbons (Fsp3) is 0.174. The van der Waals surface area contributed by atoms with Gasteiger partial charge < -0.3 is 4.90 Å². The molecule has 0 bridgehead atoms. The van der Waals surface area contributed by atoms with Crippen molar-refractivity contribution < 1.29 is 13.2 Å². The topological polar surface area (TPSA) is 59.4 Å². The summed E-state index contributed by atoms with van der Waals surface area (Å²) < 4.78 is 27.8. The third-order valence-electron chi connectivity index (χ3n) is 5.02. The maximum atomic E-state index is 13.2. The number of allylic oxidation sites excluding steroid dienone is 1. The fourth-order valence-corrected chi connectivity index (χ4v) is 4.84. The SMILES string of the molecule is Cc1ccc(S(=O)(=O)n2cccc2C2=CCCC(=O)N2Cc2ccccc2)cc1. The summed E-state index contributed by atoms with van der Waals surface area (Å²) in [6, 6.07) is 19.9. The van der Waals surface area contributed by atoms with Crippen LogP contribution in [0.4, 0.5) is 0 Å². The summed E-state index contributed by atoms with van der Waals surface area (Å²) in [6.45, 7) is 2.32. The number of aromatic nitrogens is 1. The van der Waals surface area contributed by atoms with E-state index in [1.165, 1.54) is 10.2 Å². The van der Waals surface area contributed by atoms with Crippen molar-refractivity contribution in [2.24, 2.45) is 0 Å². The number of amides is 1. The van der Waals surface area contributed by atoms with Crippen LogP contribution in [-0.4, -0.2) is 23.2 Å². The molecule has 5 nitrogen and oxygen atoms in total. The highest BCUT2D eigenvalue weighted by molar-refractivity contribution is 7.90. The number of hydrogen-bond donors (Lipinski definition) is 0.